The van der Waals surface area contributed by atoms with Crippen molar-refractivity contribution in [3.63, 3.8) is 0 Å². The number of nitrogen functional groups attached to an aromatic ring is 1. The third kappa shape index (κ3) is 1.65. The summed E-state index contributed by atoms with van der Waals surface area (Å²) in [5.41, 5.74) is 7.43. The Morgan fingerprint density at radius 1 is 1.46 bits per heavy atom. The first kappa shape index (κ1) is 8.51. The number of nitrogens with zero attached hydrogens (tertiary/aromatic N) is 2. The molecule has 3 heteroatoms. The smallest absolute Gasteiger partial charge is 0.0574 e. The second kappa shape index (κ2) is 3.34. The fourth-order valence-corrected chi connectivity index (χ4v) is 1.58. The van der Waals surface area contributed by atoms with E-state index in [1.54, 1.807) is 6.20 Å². The maximum Gasteiger partial charge on any atom is 0.0574 e. The van der Waals surface area contributed by atoms with Crippen LogP contribution in [0.5, 0.6) is 0 Å². The Kier molecular flexibility index (Phi) is 2.19. The molecule has 3 nitrogen and oxygen atoms in total. The Morgan fingerprint density at radius 2 is 2.23 bits per heavy atom. The number of hydrogen-bond donors (Lipinski definition) is 1. The normalized spacial score (nSPS) is 19.5. The van der Waals surface area contributed by atoms with Crippen LogP contribution in [-0.4, -0.2) is 23.0 Å². The molecule has 0 aliphatic carbocycles. The Balaban J connectivity index is 2.10. The first-order chi connectivity index (χ1) is 6.27. The molecule has 0 aromatic carbocycles. The summed E-state index contributed by atoms with van der Waals surface area (Å²) < 4.78 is 0. The molecular formula is C10H15N3. The van der Waals surface area contributed by atoms with Gasteiger partial charge in [-0.05, 0) is 25.5 Å². The van der Waals surface area contributed by atoms with Crippen LogP contribution in [0.3, 0.4) is 0 Å². The highest BCUT2D eigenvalue weighted by atomic mass is 15.2. The van der Waals surface area contributed by atoms with Gasteiger partial charge < -0.3 is 5.73 Å². The lowest BCUT2D eigenvalue weighted by Crippen LogP contribution is -2.39. The van der Waals surface area contributed by atoms with Crippen LogP contribution < -0.4 is 5.73 Å². The van der Waals surface area contributed by atoms with E-state index >= 15 is 0 Å². The maximum absolute atomic E-state index is 5.57. The minimum Gasteiger partial charge on any atom is -0.397 e. The third-order valence-electron chi connectivity index (χ3n) is 2.68. The summed E-state index contributed by atoms with van der Waals surface area (Å²) in [6.45, 7) is 4.60. The molecule has 70 valence electrons. The van der Waals surface area contributed by atoms with Gasteiger partial charge in [-0.1, -0.05) is 0 Å². The molecule has 0 radical (unpaired) electrons. The van der Waals surface area contributed by atoms with Gasteiger partial charge in [0.05, 0.1) is 17.6 Å². The van der Waals surface area contributed by atoms with E-state index in [4.69, 9.17) is 5.73 Å². The molecule has 0 amide bonds. The maximum atomic E-state index is 5.57. The lowest BCUT2D eigenvalue weighted by molar-refractivity contribution is 0.126. The SMILES string of the molecule is CC(c1ccc(N)cn1)N1CCC1. The zero-order valence-electron chi connectivity index (χ0n) is 7.90. The molecule has 1 fully saturated rings. The van der Waals surface area contributed by atoms with Gasteiger partial charge in [0.15, 0.2) is 0 Å². The molecule has 0 bridgehead atoms. The molecule has 0 spiro atoms. The van der Waals surface area contributed by atoms with Crippen LogP contribution in [0.2, 0.25) is 0 Å². The van der Waals surface area contributed by atoms with Gasteiger partial charge in [-0.25, -0.2) is 0 Å². The largest absolute Gasteiger partial charge is 0.397 e. The predicted octanol–water partition coefficient (Wildman–Crippen LogP) is 1.43. The van der Waals surface area contributed by atoms with Crippen molar-refractivity contribution < 1.29 is 0 Å². The van der Waals surface area contributed by atoms with Crippen molar-refractivity contribution in [1.82, 2.24) is 9.88 Å². The van der Waals surface area contributed by atoms with E-state index in [-0.39, 0.29) is 0 Å². The molecule has 1 atom stereocenters. The van der Waals surface area contributed by atoms with Crippen LogP contribution in [0.1, 0.15) is 25.1 Å². The molecular weight excluding hydrogens is 162 g/mol. The van der Waals surface area contributed by atoms with Crippen molar-refractivity contribution in [3.8, 4) is 0 Å². The van der Waals surface area contributed by atoms with E-state index in [9.17, 15) is 0 Å². The Morgan fingerprint density at radius 3 is 2.69 bits per heavy atom. The van der Waals surface area contributed by atoms with Gasteiger partial charge in [-0.15, -0.1) is 0 Å². The van der Waals surface area contributed by atoms with Gasteiger partial charge in [0.2, 0.25) is 0 Å². The number of aromatic nitrogens is 1. The van der Waals surface area contributed by atoms with Gasteiger partial charge in [0, 0.05) is 19.1 Å². The minimum absolute atomic E-state index is 0.439. The fourth-order valence-electron chi connectivity index (χ4n) is 1.58. The highest BCUT2D eigenvalue weighted by Crippen LogP contribution is 2.23. The van der Waals surface area contributed by atoms with Crippen molar-refractivity contribution in [2.75, 3.05) is 18.8 Å². The highest BCUT2D eigenvalue weighted by molar-refractivity contribution is 5.35. The summed E-state index contributed by atoms with van der Waals surface area (Å²) in [5.74, 6) is 0. The summed E-state index contributed by atoms with van der Waals surface area (Å²) >= 11 is 0. The van der Waals surface area contributed by atoms with Crippen LogP contribution in [0.25, 0.3) is 0 Å². The van der Waals surface area contributed by atoms with Crippen molar-refractivity contribution in [2.45, 2.75) is 19.4 Å². The van der Waals surface area contributed by atoms with Crippen LogP contribution in [-0.2, 0) is 0 Å². The summed E-state index contributed by atoms with van der Waals surface area (Å²) in [5, 5.41) is 0. The number of rotatable bonds is 2. The molecule has 1 saturated heterocycles. The molecule has 1 aliphatic rings. The first-order valence-corrected chi connectivity index (χ1v) is 4.73. The molecule has 2 rings (SSSR count). The Hall–Kier alpha value is -1.09. The van der Waals surface area contributed by atoms with Gasteiger partial charge in [0.1, 0.15) is 0 Å². The first-order valence-electron chi connectivity index (χ1n) is 4.73. The van der Waals surface area contributed by atoms with Crippen LogP contribution in [0, 0.1) is 0 Å². The van der Waals surface area contributed by atoms with Crippen LogP contribution in [0.15, 0.2) is 18.3 Å². The van der Waals surface area contributed by atoms with Crippen molar-refractivity contribution in [3.05, 3.63) is 24.0 Å². The van der Waals surface area contributed by atoms with E-state index in [0.29, 0.717) is 6.04 Å². The fraction of sp³-hybridized carbons (Fsp3) is 0.500. The van der Waals surface area contributed by atoms with E-state index < -0.39 is 0 Å². The number of likely N-dealkylation sites (tertiary alicyclic amines) is 1. The van der Waals surface area contributed by atoms with E-state index in [1.165, 1.54) is 19.5 Å². The molecule has 2 N–H and O–H groups in total. The molecule has 1 unspecified atom stereocenters. The molecule has 13 heavy (non-hydrogen) atoms. The summed E-state index contributed by atoms with van der Waals surface area (Å²) in [6.07, 6.45) is 3.05. The van der Waals surface area contributed by atoms with Gasteiger partial charge in [0.25, 0.3) is 0 Å². The van der Waals surface area contributed by atoms with Crippen LogP contribution in [0.4, 0.5) is 5.69 Å². The molecule has 1 aromatic rings. The average molecular weight is 177 g/mol. The third-order valence-corrected chi connectivity index (χ3v) is 2.68. The molecule has 0 saturated carbocycles. The van der Waals surface area contributed by atoms with Gasteiger partial charge in [-0.3, -0.25) is 9.88 Å². The second-order valence-electron chi connectivity index (χ2n) is 3.58. The highest BCUT2D eigenvalue weighted by Gasteiger charge is 2.21. The van der Waals surface area contributed by atoms with E-state index in [0.717, 1.165) is 11.4 Å². The molecule has 2 heterocycles. The molecule has 1 aliphatic heterocycles. The minimum atomic E-state index is 0.439. The second-order valence-corrected chi connectivity index (χ2v) is 3.58. The van der Waals surface area contributed by atoms with E-state index in [2.05, 4.69) is 16.8 Å². The van der Waals surface area contributed by atoms with Crippen molar-refractivity contribution in [1.29, 1.82) is 0 Å². The average Bonchev–Trinajstić information content (AvgIpc) is 2.02. The Labute approximate surface area is 78.6 Å². The number of pyridine rings is 1. The van der Waals surface area contributed by atoms with Crippen molar-refractivity contribution >= 4 is 5.69 Å². The lowest BCUT2D eigenvalue weighted by atomic mass is 10.1. The standard InChI is InChI=1S/C10H15N3/c1-8(13-5-2-6-13)10-4-3-9(11)7-12-10/h3-4,7-8H,2,5-6,11H2,1H3. The van der Waals surface area contributed by atoms with Crippen LogP contribution >= 0.6 is 0 Å². The number of hydrogen-bond acceptors (Lipinski definition) is 3. The summed E-state index contributed by atoms with van der Waals surface area (Å²) in [7, 11) is 0. The topological polar surface area (TPSA) is 42.1 Å². The number of anilines is 1. The lowest BCUT2D eigenvalue weighted by Gasteiger charge is -2.36. The zero-order valence-corrected chi connectivity index (χ0v) is 7.90. The predicted molar refractivity (Wildman–Crippen MR) is 53.3 cm³/mol. The summed E-state index contributed by atoms with van der Waals surface area (Å²) in [4.78, 5) is 6.73. The van der Waals surface area contributed by atoms with E-state index in [1.807, 2.05) is 12.1 Å². The summed E-state index contributed by atoms with van der Waals surface area (Å²) in [6, 6.07) is 4.37. The molecule has 1 aromatic heterocycles. The van der Waals surface area contributed by atoms with Gasteiger partial charge >= 0.3 is 0 Å². The zero-order chi connectivity index (χ0) is 9.26. The quantitative estimate of drug-likeness (QED) is 0.743. The van der Waals surface area contributed by atoms with Crippen molar-refractivity contribution in [2.24, 2.45) is 0 Å². The van der Waals surface area contributed by atoms with Gasteiger partial charge in [-0.2, -0.15) is 0 Å². The monoisotopic (exact) mass is 177 g/mol. The Bertz CT molecular complexity index is 277. The number of nitrogens with two attached hydrogens (primary N) is 1.